The number of nitrogens with one attached hydrogen (secondary N) is 1. The lowest BCUT2D eigenvalue weighted by molar-refractivity contribution is 1.40. The van der Waals surface area contributed by atoms with Crippen LogP contribution in [-0.4, -0.2) is 5.52 Å². The van der Waals surface area contributed by atoms with Gasteiger partial charge in [0, 0.05) is 15.7 Å². The van der Waals surface area contributed by atoms with Crippen LogP contribution in [0.15, 0.2) is 18.2 Å². The standard InChI is InChI=1S/C7H9Cl2NP2/c8-4-1-5(9)3-6(2-4)10-7(11)12/h1-3,7,10H,11-12H2. The van der Waals surface area contributed by atoms with Crippen LogP contribution >= 0.6 is 41.7 Å². The van der Waals surface area contributed by atoms with Crippen molar-refractivity contribution in [2.45, 2.75) is 5.52 Å². The molecule has 0 saturated carbocycles. The van der Waals surface area contributed by atoms with Crippen molar-refractivity contribution in [3.63, 3.8) is 0 Å². The van der Waals surface area contributed by atoms with Gasteiger partial charge in [0.2, 0.25) is 0 Å². The van der Waals surface area contributed by atoms with Crippen LogP contribution in [-0.2, 0) is 0 Å². The molecule has 0 radical (unpaired) electrons. The van der Waals surface area contributed by atoms with Crippen molar-refractivity contribution in [2.75, 3.05) is 5.32 Å². The molecule has 12 heavy (non-hydrogen) atoms. The highest BCUT2D eigenvalue weighted by molar-refractivity contribution is 7.38. The third kappa shape index (κ3) is 3.46. The van der Waals surface area contributed by atoms with Crippen molar-refractivity contribution >= 4 is 47.4 Å². The van der Waals surface area contributed by atoms with Gasteiger partial charge in [-0.05, 0) is 18.2 Å². The van der Waals surface area contributed by atoms with Crippen molar-refractivity contribution in [3.05, 3.63) is 28.2 Å². The van der Waals surface area contributed by atoms with E-state index in [1.807, 2.05) is 12.1 Å². The molecular weight excluding hydrogens is 231 g/mol. The zero-order valence-corrected chi connectivity index (χ0v) is 10.0. The van der Waals surface area contributed by atoms with Crippen LogP contribution in [0.3, 0.4) is 0 Å². The number of halogens is 2. The van der Waals surface area contributed by atoms with E-state index >= 15 is 0 Å². The second-order valence-corrected chi connectivity index (χ2v) is 5.41. The Bertz CT molecular complexity index is 258. The van der Waals surface area contributed by atoms with Crippen molar-refractivity contribution in [3.8, 4) is 0 Å². The monoisotopic (exact) mass is 239 g/mol. The molecule has 0 saturated heterocycles. The van der Waals surface area contributed by atoms with E-state index in [9.17, 15) is 0 Å². The molecule has 0 aliphatic heterocycles. The fraction of sp³-hybridized carbons (Fsp3) is 0.143. The molecule has 0 heterocycles. The van der Waals surface area contributed by atoms with Crippen molar-refractivity contribution < 1.29 is 0 Å². The Kier molecular flexibility index (Phi) is 4.06. The molecule has 0 aliphatic carbocycles. The molecule has 1 aromatic rings. The Morgan fingerprint density at radius 2 is 1.58 bits per heavy atom. The van der Waals surface area contributed by atoms with Crippen LogP contribution in [0.1, 0.15) is 0 Å². The average Bonchev–Trinajstić information content (AvgIpc) is 1.81. The predicted molar refractivity (Wildman–Crippen MR) is 63.3 cm³/mol. The Hall–Kier alpha value is 0.460. The van der Waals surface area contributed by atoms with E-state index in [0.29, 0.717) is 10.0 Å². The molecule has 2 unspecified atom stereocenters. The Morgan fingerprint density at radius 1 is 1.08 bits per heavy atom. The highest BCUT2D eigenvalue weighted by Gasteiger charge is 1.98. The smallest absolute Gasteiger partial charge is 0.0538 e. The lowest BCUT2D eigenvalue weighted by Crippen LogP contribution is -2.01. The van der Waals surface area contributed by atoms with E-state index in [1.54, 1.807) is 6.07 Å². The third-order valence-electron chi connectivity index (χ3n) is 1.20. The third-order valence-corrected chi connectivity index (χ3v) is 1.97. The molecular formula is C7H9Cl2NP2. The lowest BCUT2D eigenvalue weighted by atomic mass is 10.3. The van der Waals surface area contributed by atoms with E-state index in [-0.39, 0.29) is 5.52 Å². The molecule has 1 N–H and O–H groups in total. The van der Waals surface area contributed by atoms with Crippen molar-refractivity contribution in [1.29, 1.82) is 0 Å². The maximum absolute atomic E-state index is 5.80. The molecule has 1 aromatic carbocycles. The molecule has 0 aromatic heterocycles. The van der Waals surface area contributed by atoms with Gasteiger partial charge in [-0.2, -0.15) is 0 Å². The predicted octanol–water partition coefficient (Wildman–Crippen LogP) is 3.44. The molecule has 0 fully saturated rings. The summed E-state index contributed by atoms with van der Waals surface area (Å²) in [5, 5.41) is 4.42. The van der Waals surface area contributed by atoms with E-state index in [2.05, 4.69) is 23.8 Å². The van der Waals surface area contributed by atoms with Gasteiger partial charge in [-0.3, -0.25) is 0 Å². The topological polar surface area (TPSA) is 12.0 Å². The first-order valence-corrected chi connectivity index (χ1v) is 5.40. The number of rotatable bonds is 2. The number of anilines is 1. The minimum absolute atomic E-state index is 0.222. The Balaban J connectivity index is 2.85. The van der Waals surface area contributed by atoms with Gasteiger partial charge in [-0.25, -0.2) is 0 Å². The fourth-order valence-corrected chi connectivity index (χ4v) is 1.74. The quantitative estimate of drug-likeness (QED) is 0.780. The highest BCUT2D eigenvalue weighted by atomic mass is 35.5. The molecule has 0 spiro atoms. The SMILES string of the molecule is PC(P)Nc1cc(Cl)cc(Cl)c1. The van der Waals surface area contributed by atoms with Gasteiger partial charge in [0.1, 0.15) is 0 Å². The summed E-state index contributed by atoms with van der Waals surface area (Å²) in [6.45, 7) is 0. The summed E-state index contributed by atoms with van der Waals surface area (Å²) in [5.41, 5.74) is 1.14. The van der Waals surface area contributed by atoms with Gasteiger partial charge in [0.25, 0.3) is 0 Å². The van der Waals surface area contributed by atoms with Gasteiger partial charge in [0.15, 0.2) is 0 Å². The first-order valence-electron chi connectivity index (χ1n) is 3.32. The lowest BCUT2D eigenvalue weighted by Gasteiger charge is -2.09. The first-order chi connectivity index (χ1) is 5.58. The summed E-state index contributed by atoms with van der Waals surface area (Å²) in [6.07, 6.45) is 0. The molecule has 0 bridgehead atoms. The summed E-state index contributed by atoms with van der Waals surface area (Å²) in [6, 6.07) is 5.36. The average molecular weight is 240 g/mol. The molecule has 0 amide bonds. The molecule has 1 nitrogen and oxygen atoms in total. The van der Waals surface area contributed by atoms with Gasteiger partial charge < -0.3 is 5.32 Å². The fourth-order valence-electron chi connectivity index (χ4n) is 0.830. The van der Waals surface area contributed by atoms with Crippen LogP contribution in [0.2, 0.25) is 10.0 Å². The largest absolute Gasteiger partial charge is 0.376 e. The normalized spacial score (nSPS) is 10.4. The van der Waals surface area contributed by atoms with Crippen LogP contribution in [0.25, 0.3) is 0 Å². The summed E-state index contributed by atoms with van der Waals surface area (Å²) in [7, 11) is 5.21. The minimum Gasteiger partial charge on any atom is -0.376 e. The minimum atomic E-state index is 0.222. The molecule has 2 atom stereocenters. The van der Waals surface area contributed by atoms with E-state index in [4.69, 9.17) is 23.2 Å². The summed E-state index contributed by atoms with van der Waals surface area (Å²) >= 11 is 11.6. The van der Waals surface area contributed by atoms with E-state index in [0.717, 1.165) is 5.69 Å². The first kappa shape index (κ1) is 10.5. The molecule has 0 aliphatic rings. The zero-order valence-electron chi connectivity index (χ0n) is 6.22. The van der Waals surface area contributed by atoms with Gasteiger partial charge in [-0.1, -0.05) is 23.2 Å². The van der Waals surface area contributed by atoms with Gasteiger partial charge in [-0.15, -0.1) is 18.5 Å². The summed E-state index contributed by atoms with van der Waals surface area (Å²) in [4.78, 5) is 0. The number of hydrogen-bond donors (Lipinski definition) is 1. The molecule has 5 heteroatoms. The number of benzene rings is 1. The maximum atomic E-state index is 5.80. The second-order valence-electron chi connectivity index (χ2n) is 2.33. The Morgan fingerprint density at radius 3 is 2.00 bits per heavy atom. The van der Waals surface area contributed by atoms with E-state index in [1.165, 1.54) is 0 Å². The maximum Gasteiger partial charge on any atom is 0.0538 e. The zero-order chi connectivity index (χ0) is 9.14. The van der Waals surface area contributed by atoms with Gasteiger partial charge in [0.05, 0.1) is 5.52 Å². The molecule has 66 valence electrons. The van der Waals surface area contributed by atoms with Crippen LogP contribution in [0, 0.1) is 0 Å². The summed E-state index contributed by atoms with van der Waals surface area (Å²) < 4.78 is 0. The van der Waals surface area contributed by atoms with Crippen molar-refractivity contribution in [1.82, 2.24) is 0 Å². The van der Waals surface area contributed by atoms with E-state index < -0.39 is 0 Å². The van der Waals surface area contributed by atoms with Gasteiger partial charge >= 0.3 is 0 Å². The Labute approximate surface area is 86.6 Å². The van der Waals surface area contributed by atoms with Crippen LogP contribution < -0.4 is 5.32 Å². The van der Waals surface area contributed by atoms with Crippen molar-refractivity contribution in [2.24, 2.45) is 0 Å². The second kappa shape index (κ2) is 4.63. The van der Waals surface area contributed by atoms with Crippen LogP contribution in [0.5, 0.6) is 0 Å². The highest BCUT2D eigenvalue weighted by Crippen LogP contribution is 2.24. The summed E-state index contributed by atoms with van der Waals surface area (Å²) in [5.74, 6) is 0. The molecule has 1 rings (SSSR count). The number of hydrogen-bond acceptors (Lipinski definition) is 1. The van der Waals surface area contributed by atoms with Crippen LogP contribution in [0.4, 0.5) is 5.69 Å².